The second-order valence-electron chi connectivity index (χ2n) is 10.8. The zero-order valence-corrected chi connectivity index (χ0v) is 25.3. The van der Waals surface area contributed by atoms with Crippen molar-refractivity contribution >= 4 is 42.4 Å². The largest absolute Gasteiger partial charge is 0.348 e. The van der Waals surface area contributed by atoms with E-state index in [1.54, 1.807) is 36.4 Å². The molecule has 2 N–H and O–H groups in total. The second kappa shape index (κ2) is 11.8. The van der Waals surface area contributed by atoms with Gasteiger partial charge in [0.2, 0.25) is 26.0 Å². The number of nitrogens with zero attached hydrogens (tertiary/aromatic N) is 2. The molecule has 0 saturated carbocycles. The van der Waals surface area contributed by atoms with E-state index < -0.39 is 38.0 Å². The van der Waals surface area contributed by atoms with Crippen LogP contribution in [0.3, 0.4) is 0 Å². The van der Waals surface area contributed by atoms with Gasteiger partial charge in [0, 0.05) is 20.0 Å². The monoisotopic (exact) mass is 606 g/mol. The molecule has 9 nitrogen and oxygen atoms in total. The summed E-state index contributed by atoms with van der Waals surface area (Å²) in [5, 5.41) is 4.57. The number of fused-ring (bicyclic) bond motifs is 2. The molecule has 1 unspecified atom stereocenters. The highest BCUT2D eigenvalue weighted by Crippen LogP contribution is 2.35. The zero-order valence-electron chi connectivity index (χ0n) is 23.7. The lowest BCUT2D eigenvalue weighted by atomic mass is 10.0. The van der Waals surface area contributed by atoms with Crippen LogP contribution in [-0.4, -0.2) is 54.5 Å². The standard InChI is InChI=1S/C31H34N4O5S2/c1-34(2)20-22-13-16-27-29(21-41(37,38)35(3)30(27)17-22)32-31(36)19-28(24-10-5-4-6-11-24)33-42(39,40)26-15-14-23-9-7-8-12-25(23)18-26/h4-18,28-29,33H,19-21H2,1-3H3,(H,32,36)/t28-,29?/m1/s1. The maximum absolute atomic E-state index is 13.5. The summed E-state index contributed by atoms with van der Waals surface area (Å²) in [5.41, 5.74) is 2.76. The number of carbonyl (C=O) groups excluding carboxylic acids is 1. The summed E-state index contributed by atoms with van der Waals surface area (Å²) in [6.07, 6.45) is -0.225. The van der Waals surface area contributed by atoms with Gasteiger partial charge < -0.3 is 10.2 Å². The quantitative estimate of drug-likeness (QED) is 0.298. The van der Waals surface area contributed by atoms with Gasteiger partial charge in [0.05, 0.1) is 28.4 Å². The van der Waals surface area contributed by atoms with E-state index in [4.69, 9.17) is 0 Å². The van der Waals surface area contributed by atoms with E-state index in [1.807, 2.05) is 67.5 Å². The first-order valence-corrected chi connectivity index (χ1v) is 16.6. The molecule has 0 bridgehead atoms. The maximum atomic E-state index is 13.5. The molecule has 4 aromatic rings. The number of rotatable bonds is 9. The Kier molecular flexibility index (Phi) is 8.38. The number of benzene rings is 4. The fourth-order valence-corrected chi connectivity index (χ4v) is 7.87. The molecule has 4 aromatic carbocycles. The van der Waals surface area contributed by atoms with Gasteiger partial charge in [-0.3, -0.25) is 9.10 Å². The first-order valence-electron chi connectivity index (χ1n) is 13.5. The van der Waals surface area contributed by atoms with Crippen LogP contribution in [0.1, 0.15) is 35.2 Å². The molecular formula is C31H34N4O5S2. The first kappa shape index (κ1) is 29.7. The molecule has 0 radical (unpaired) electrons. The minimum Gasteiger partial charge on any atom is -0.348 e. The van der Waals surface area contributed by atoms with Crippen molar-refractivity contribution in [1.82, 2.24) is 14.9 Å². The first-order chi connectivity index (χ1) is 19.9. The van der Waals surface area contributed by atoms with E-state index in [0.717, 1.165) is 16.3 Å². The summed E-state index contributed by atoms with van der Waals surface area (Å²) in [5.74, 6) is -0.771. The molecule has 0 spiro atoms. The van der Waals surface area contributed by atoms with Crippen molar-refractivity contribution in [3.05, 3.63) is 108 Å². The Morgan fingerprint density at radius 2 is 1.64 bits per heavy atom. The molecule has 220 valence electrons. The lowest BCUT2D eigenvalue weighted by Gasteiger charge is -2.34. The average molecular weight is 607 g/mol. The Hall–Kier alpha value is -3.77. The molecule has 0 saturated heterocycles. The Morgan fingerprint density at radius 3 is 2.36 bits per heavy atom. The lowest BCUT2D eigenvalue weighted by Crippen LogP contribution is -2.44. The Morgan fingerprint density at radius 1 is 0.952 bits per heavy atom. The summed E-state index contributed by atoms with van der Waals surface area (Å²) in [6, 6.07) is 25.2. The molecule has 0 fully saturated rings. The predicted octanol–water partition coefficient (Wildman–Crippen LogP) is 3.95. The second-order valence-corrected chi connectivity index (χ2v) is 14.6. The SMILES string of the molecule is CN(C)Cc1ccc2c(c1)N(C)S(=O)(=O)CC2NC(=O)C[C@@H](NS(=O)(=O)c1ccc2ccccc2c1)c1ccccc1. The van der Waals surface area contributed by atoms with Gasteiger partial charge in [-0.05, 0) is 59.8 Å². The van der Waals surface area contributed by atoms with Gasteiger partial charge in [-0.25, -0.2) is 21.6 Å². The van der Waals surface area contributed by atoms with Crippen molar-refractivity contribution in [1.29, 1.82) is 0 Å². The van der Waals surface area contributed by atoms with E-state index in [0.29, 0.717) is 23.4 Å². The third-order valence-electron chi connectivity index (χ3n) is 7.36. The van der Waals surface area contributed by atoms with E-state index in [2.05, 4.69) is 10.0 Å². The summed E-state index contributed by atoms with van der Waals surface area (Å²) < 4.78 is 57.0. The third kappa shape index (κ3) is 6.49. The normalized spacial score (nSPS) is 17.1. The van der Waals surface area contributed by atoms with Gasteiger partial charge in [0.1, 0.15) is 0 Å². The number of sulfonamides is 2. The minimum atomic E-state index is -4.00. The summed E-state index contributed by atoms with van der Waals surface area (Å²) >= 11 is 0. The molecule has 2 atom stereocenters. The number of carbonyl (C=O) groups is 1. The van der Waals surface area contributed by atoms with Crippen LogP contribution in [0, 0.1) is 0 Å². The number of amides is 1. The van der Waals surface area contributed by atoms with E-state index >= 15 is 0 Å². The fraction of sp³-hybridized carbons (Fsp3) is 0.258. The molecule has 0 aliphatic carbocycles. The number of hydrogen-bond donors (Lipinski definition) is 2. The van der Waals surface area contributed by atoms with Gasteiger partial charge in [0.25, 0.3) is 0 Å². The predicted molar refractivity (Wildman–Crippen MR) is 165 cm³/mol. The number of anilines is 1. The van der Waals surface area contributed by atoms with E-state index in [1.165, 1.54) is 17.4 Å². The van der Waals surface area contributed by atoms with E-state index in [-0.39, 0.29) is 17.1 Å². The average Bonchev–Trinajstić information content (AvgIpc) is 2.95. The van der Waals surface area contributed by atoms with Crippen molar-refractivity contribution in [3.8, 4) is 0 Å². The van der Waals surface area contributed by atoms with Crippen LogP contribution in [0.4, 0.5) is 5.69 Å². The minimum absolute atomic E-state index is 0.0893. The van der Waals surface area contributed by atoms with Crippen LogP contribution in [0.15, 0.2) is 95.9 Å². The topological polar surface area (TPSA) is 116 Å². The van der Waals surface area contributed by atoms with Gasteiger partial charge in [-0.2, -0.15) is 0 Å². The number of nitrogens with one attached hydrogen (secondary N) is 2. The molecular weight excluding hydrogens is 572 g/mol. The highest BCUT2D eigenvalue weighted by Gasteiger charge is 2.35. The summed E-state index contributed by atoms with van der Waals surface area (Å²) in [7, 11) is -2.31. The Balaban J connectivity index is 1.40. The fourth-order valence-electron chi connectivity index (χ4n) is 5.24. The van der Waals surface area contributed by atoms with Crippen molar-refractivity contribution < 1.29 is 21.6 Å². The van der Waals surface area contributed by atoms with Gasteiger partial charge in [0.15, 0.2) is 0 Å². The molecule has 0 aromatic heterocycles. The van der Waals surface area contributed by atoms with Crippen LogP contribution >= 0.6 is 0 Å². The Bertz CT molecular complexity index is 1830. The van der Waals surface area contributed by atoms with Crippen LogP contribution in [0.25, 0.3) is 10.8 Å². The number of hydrogen-bond acceptors (Lipinski definition) is 6. The third-order valence-corrected chi connectivity index (χ3v) is 10.6. The highest BCUT2D eigenvalue weighted by molar-refractivity contribution is 7.92. The van der Waals surface area contributed by atoms with Gasteiger partial charge in [-0.1, -0.05) is 72.8 Å². The summed E-state index contributed by atoms with van der Waals surface area (Å²) in [4.78, 5) is 15.5. The summed E-state index contributed by atoms with van der Waals surface area (Å²) in [6.45, 7) is 0.633. The molecule has 42 heavy (non-hydrogen) atoms. The van der Waals surface area contributed by atoms with Gasteiger partial charge >= 0.3 is 0 Å². The van der Waals surface area contributed by atoms with Crippen LogP contribution in [0.5, 0.6) is 0 Å². The zero-order chi connectivity index (χ0) is 30.1. The van der Waals surface area contributed by atoms with E-state index in [9.17, 15) is 21.6 Å². The maximum Gasteiger partial charge on any atom is 0.241 e. The molecule has 1 aliphatic heterocycles. The smallest absolute Gasteiger partial charge is 0.241 e. The van der Waals surface area contributed by atoms with Crippen molar-refractivity contribution in [3.63, 3.8) is 0 Å². The van der Waals surface area contributed by atoms with Crippen molar-refractivity contribution in [2.24, 2.45) is 0 Å². The molecule has 1 heterocycles. The van der Waals surface area contributed by atoms with Crippen molar-refractivity contribution in [2.75, 3.05) is 31.2 Å². The van der Waals surface area contributed by atoms with Crippen LogP contribution in [-0.2, 0) is 31.4 Å². The van der Waals surface area contributed by atoms with Crippen LogP contribution < -0.4 is 14.3 Å². The molecule has 1 aliphatic rings. The lowest BCUT2D eigenvalue weighted by molar-refractivity contribution is -0.122. The van der Waals surface area contributed by atoms with Gasteiger partial charge in [-0.15, -0.1) is 0 Å². The highest BCUT2D eigenvalue weighted by atomic mass is 32.2. The molecule has 5 rings (SSSR count). The molecule has 11 heteroatoms. The Labute approximate surface area is 247 Å². The van der Waals surface area contributed by atoms with Crippen molar-refractivity contribution in [2.45, 2.75) is 29.9 Å². The molecule has 1 amide bonds. The van der Waals surface area contributed by atoms with Crippen LogP contribution in [0.2, 0.25) is 0 Å².